The first-order valence-electron chi connectivity index (χ1n) is 5.56. The normalized spacial score (nSPS) is 10.8. The van der Waals surface area contributed by atoms with Gasteiger partial charge in [0.15, 0.2) is 0 Å². The van der Waals surface area contributed by atoms with Crippen LogP contribution < -0.4 is 5.32 Å². The fourth-order valence-electron chi connectivity index (χ4n) is 1.62. The molecule has 1 heterocycles. The third-order valence-corrected chi connectivity index (χ3v) is 4.14. The number of likely N-dealkylation sites (N-methyl/N-ethyl adjacent to an activating group) is 1. The molecule has 0 fully saturated rings. The van der Waals surface area contributed by atoms with Crippen molar-refractivity contribution < 1.29 is 0 Å². The number of aromatic nitrogens is 1. The van der Waals surface area contributed by atoms with Crippen LogP contribution in [0.2, 0.25) is 0 Å². The number of rotatable bonds is 4. The number of aryl methyl sites for hydroxylation is 1. The van der Waals surface area contributed by atoms with Crippen LogP contribution in [0.15, 0.2) is 28.1 Å². The van der Waals surface area contributed by atoms with Gasteiger partial charge in [-0.1, -0.05) is 27.6 Å². The Kier molecular flexibility index (Phi) is 4.31. The zero-order valence-electron chi connectivity index (χ0n) is 9.96. The van der Waals surface area contributed by atoms with Crippen molar-refractivity contribution >= 4 is 27.3 Å². The molecule has 2 rings (SSSR count). The van der Waals surface area contributed by atoms with E-state index < -0.39 is 0 Å². The second-order valence-electron chi connectivity index (χ2n) is 3.96. The molecule has 4 heteroatoms. The van der Waals surface area contributed by atoms with Gasteiger partial charge in [0.1, 0.15) is 0 Å². The predicted molar refractivity (Wildman–Crippen MR) is 77.6 cm³/mol. The largest absolute Gasteiger partial charge is 0.319 e. The SMILES string of the molecule is CNCCc1nc(-c2cc(C)ccc2Br)cs1. The monoisotopic (exact) mass is 310 g/mol. The lowest BCUT2D eigenvalue weighted by atomic mass is 10.1. The van der Waals surface area contributed by atoms with Crippen molar-refractivity contribution in [2.24, 2.45) is 0 Å². The Hall–Kier alpha value is -0.710. The van der Waals surface area contributed by atoms with E-state index in [0.717, 1.165) is 23.1 Å². The molecule has 0 bridgehead atoms. The summed E-state index contributed by atoms with van der Waals surface area (Å²) in [5.41, 5.74) is 3.50. The minimum absolute atomic E-state index is 0.974. The van der Waals surface area contributed by atoms with Crippen molar-refractivity contribution in [3.05, 3.63) is 38.6 Å². The van der Waals surface area contributed by atoms with Crippen molar-refractivity contribution in [1.82, 2.24) is 10.3 Å². The Bertz CT molecular complexity index is 508. The van der Waals surface area contributed by atoms with E-state index in [9.17, 15) is 0 Å². The molecule has 0 saturated heterocycles. The molecule has 1 aromatic carbocycles. The molecule has 0 spiro atoms. The van der Waals surface area contributed by atoms with E-state index in [4.69, 9.17) is 0 Å². The zero-order chi connectivity index (χ0) is 12.3. The predicted octanol–water partition coefficient (Wildman–Crippen LogP) is 3.64. The first kappa shape index (κ1) is 12.7. The molecule has 0 amide bonds. The summed E-state index contributed by atoms with van der Waals surface area (Å²) < 4.78 is 1.11. The van der Waals surface area contributed by atoms with Gasteiger partial charge in [-0.2, -0.15) is 0 Å². The van der Waals surface area contributed by atoms with E-state index in [2.05, 4.69) is 56.7 Å². The van der Waals surface area contributed by atoms with Crippen molar-refractivity contribution in [1.29, 1.82) is 0 Å². The molecule has 2 aromatic rings. The summed E-state index contributed by atoms with van der Waals surface area (Å²) in [5, 5.41) is 6.46. The van der Waals surface area contributed by atoms with Gasteiger partial charge in [0.05, 0.1) is 10.7 Å². The standard InChI is InChI=1S/C13H15BrN2S/c1-9-3-4-11(14)10(7-9)12-8-17-13(16-12)5-6-15-2/h3-4,7-8,15H,5-6H2,1-2H3. The highest BCUT2D eigenvalue weighted by atomic mass is 79.9. The van der Waals surface area contributed by atoms with E-state index in [1.54, 1.807) is 11.3 Å². The Morgan fingerprint density at radius 2 is 2.24 bits per heavy atom. The molecule has 1 N–H and O–H groups in total. The third-order valence-electron chi connectivity index (χ3n) is 2.54. The van der Waals surface area contributed by atoms with Crippen LogP contribution in [0, 0.1) is 6.92 Å². The Balaban J connectivity index is 2.27. The molecule has 0 aliphatic carbocycles. The van der Waals surface area contributed by atoms with Gasteiger partial charge >= 0.3 is 0 Å². The van der Waals surface area contributed by atoms with Crippen molar-refractivity contribution in [3.63, 3.8) is 0 Å². The van der Waals surface area contributed by atoms with Gasteiger partial charge in [-0.05, 0) is 26.1 Å². The highest BCUT2D eigenvalue weighted by Crippen LogP contribution is 2.30. The molecule has 17 heavy (non-hydrogen) atoms. The molecule has 90 valence electrons. The maximum absolute atomic E-state index is 4.67. The molecule has 0 atom stereocenters. The molecule has 0 aliphatic heterocycles. The van der Waals surface area contributed by atoms with Crippen molar-refractivity contribution in [3.8, 4) is 11.3 Å². The maximum Gasteiger partial charge on any atom is 0.0945 e. The van der Waals surface area contributed by atoms with Crippen LogP contribution in [-0.4, -0.2) is 18.6 Å². The van der Waals surface area contributed by atoms with Gasteiger partial charge in [0, 0.05) is 28.4 Å². The molecular formula is C13H15BrN2S. The zero-order valence-corrected chi connectivity index (χ0v) is 12.4. The highest BCUT2D eigenvalue weighted by Gasteiger charge is 2.08. The summed E-state index contributed by atoms with van der Waals surface area (Å²) in [6, 6.07) is 6.35. The number of halogens is 1. The van der Waals surface area contributed by atoms with E-state index in [-0.39, 0.29) is 0 Å². The quantitative estimate of drug-likeness (QED) is 0.932. The van der Waals surface area contributed by atoms with E-state index >= 15 is 0 Å². The molecule has 0 radical (unpaired) electrons. The summed E-state index contributed by atoms with van der Waals surface area (Å²) in [5.74, 6) is 0. The first-order chi connectivity index (χ1) is 8.20. The maximum atomic E-state index is 4.67. The number of hydrogen-bond donors (Lipinski definition) is 1. The van der Waals surface area contributed by atoms with Gasteiger partial charge < -0.3 is 5.32 Å². The van der Waals surface area contributed by atoms with Crippen molar-refractivity contribution in [2.75, 3.05) is 13.6 Å². The van der Waals surface area contributed by atoms with E-state index in [1.807, 2.05) is 7.05 Å². The number of nitrogens with zero attached hydrogens (tertiary/aromatic N) is 1. The summed E-state index contributed by atoms with van der Waals surface area (Å²) in [6.07, 6.45) is 0.991. The average molecular weight is 311 g/mol. The molecule has 0 aliphatic rings. The Morgan fingerprint density at radius 1 is 1.41 bits per heavy atom. The van der Waals surface area contributed by atoms with Gasteiger partial charge in [0.2, 0.25) is 0 Å². The summed E-state index contributed by atoms with van der Waals surface area (Å²) >= 11 is 5.31. The second-order valence-corrected chi connectivity index (χ2v) is 5.76. The lowest BCUT2D eigenvalue weighted by Crippen LogP contribution is -2.09. The number of nitrogens with one attached hydrogen (secondary N) is 1. The molecular weight excluding hydrogens is 296 g/mol. The highest BCUT2D eigenvalue weighted by molar-refractivity contribution is 9.10. The molecule has 1 aromatic heterocycles. The number of benzene rings is 1. The second kappa shape index (κ2) is 5.76. The van der Waals surface area contributed by atoms with Gasteiger partial charge in [0.25, 0.3) is 0 Å². The summed E-state index contributed by atoms with van der Waals surface area (Å²) in [4.78, 5) is 4.67. The summed E-state index contributed by atoms with van der Waals surface area (Å²) in [7, 11) is 1.96. The molecule has 2 nitrogen and oxygen atoms in total. The Morgan fingerprint density at radius 3 is 3.00 bits per heavy atom. The van der Waals surface area contributed by atoms with Crippen LogP contribution in [-0.2, 0) is 6.42 Å². The fourth-order valence-corrected chi connectivity index (χ4v) is 2.86. The van der Waals surface area contributed by atoms with Gasteiger partial charge in [-0.3, -0.25) is 0 Å². The average Bonchev–Trinajstić information content (AvgIpc) is 2.78. The minimum Gasteiger partial charge on any atom is -0.319 e. The summed E-state index contributed by atoms with van der Waals surface area (Å²) in [6.45, 7) is 3.08. The van der Waals surface area contributed by atoms with Crippen LogP contribution in [0.4, 0.5) is 0 Å². The third kappa shape index (κ3) is 3.15. The van der Waals surface area contributed by atoms with Gasteiger partial charge in [-0.25, -0.2) is 4.98 Å². The lowest BCUT2D eigenvalue weighted by Gasteiger charge is -2.02. The topological polar surface area (TPSA) is 24.9 Å². The van der Waals surface area contributed by atoms with E-state index in [0.29, 0.717) is 0 Å². The van der Waals surface area contributed by atoms with Crippen LogP contribution in [0.25, 0.3) is 11.3 Å². The number of thiazole rings is 1. The van der Waals surface area contributed by atoms with E-state index in [1.165, 1.54) is 16.1 Å². The van der Waals surface area contributed by atoms with Crippen LogP contribution in [0.1, 0.15) is 10.6 Å². The van der Waals surface area contributed by atoms with Gasteiger partial charge in [-0.15, -0.1) is 11.3 Å². The smallest absolute Gasteiger partial charge is 0.0945 e. The molecule has 0 unspecified atom stereocenters. The van der Waals surface area contributed by atoms with Crippen LogP contribution in [0.3, 0.4) is 0 Å². The Labute approximate surface area is 114 Å². The fraction of sp³-hybridized carbons (Fsp3) is 0.308. The van der Waals surface area contributed by atoms with Crippen molar-refractivity contribution in [2.45, 2.75) is 13.3 Å². The molecule has 0 saturated carbocycles. The van der Waals surface area contributed by atoms with Crippen LogP contribution >= 0.6 is 27.3 Å². The number of hydrogen-bond acceptors (Lipinski definition) is 3. The van der Waals surface area contributed by atoms with Crippen LogP contribution in [0.5, 0.6) is 0 Å². The lowest BCUT2D eigenvalue weighted by molar-refractivity contribution is 0.788. The first-order valence-corrected chi connectivity index (χ1v) is 7.23. The minimum atomic E-state index is 0.974.